The Hall–Kier alpha value is -1.16. The van der Waals surface area contributed by atoms with Gasteiger partial charge in [0.25, 0.3) is 0 Å². The first kappa shape index (κ1) is 13.9. The van der Waals surface area contributed by atoms with Gasteiger partial charge in [0.1, 0.15) is 0 Å². The van der Waals surface area contributed by atoms with Crippen LogP contribution < -0.4 is 11.1 Å². The number of nitrogen functional groups attached to an aromatic ring is 1. The topological polar surface area (TPSA) is 55.1 Å². The molecule has 0 unspecified atom stereocenters. The van der Waals surface area contributed by atoms with Gasteiger partial charge < -0.3 is 11.1 Å². The minimum Gasteiger partial charge on any atom is -0.399 e. The van der Waals surface area contributed by atoms with Gasteiger partial charge in [0.05, 0.1) is 5.75 Å². The van der Waals surface area contributed by atoms with E-state index in [0.29, 0.717) is 5.75 Å². The molecule has 17 heavy (non-hydrogen) atoms. The summed E-state index contributed by atoms with van der Waals surface area (Å²) >= 11 is 1.52. The van der Waals surface area contributed by atoms with Crippen molar-refractivity contribution in [1.82, 2.24) is 5.32 Å². The molecule has 0 aliphatic carbocycles. The van der Waals surface area contributed by atoms with Crippen LogP contribution in [0.5, 0.6) is 0 Å². The number of amides is 1. The first-order valence-corrected chi connectivity index (χ1v) is 6.56. The van der Waals surface area contributed by atoms with Crippen molar-refractivity contribution in [3.63, 3.8) is 0 Å². The molecule has 0 aromatic heterocycles. The third-order valence-corrected chi connectivity index (χ3v) is 3.24. The Morgan fingerprint density at radius 3 is 2.65 bits per heavy atom. The number of carbonyl (C=O) groups excluding carboxylic acids is 1. The number of carbonyl (C=O) groups is 1. The van der Waals surface area contributed by atoms with E-state index in [0.717, 1.165) is 16.1 Å². The molecule has 3 N–H and O–H groups in total. The average molecular weight is 252 g/mol. The number of hydrogen-bond acceptors (Lipinski definition) is 3. The fourth-order valence-electron chi connectivity index (χ4n) is 1.37. The Bertz CT molecular complexity index is 410. The molecule has 0 aliphatic rings. The normalized spacial score (nSPS) is 11.3. The molecule has 0 heterocycles. The third-order valence-electron chi connectivity index (χ3n) is 2.09. The number of anilines is 1. The van der Waals surface area contributed by atoms with Gasteiger partial charge in [-0.05, 0) is 45.4 Å². The molecule has 0 aliphatic heterocycles. The minimum absolute atomic E-state index is 0.0457. The molecule has 0 bridgehead atoms. The van der Waals surface area contributed by atoms with Crippen molar-refractivity contribution in [3.05, 3.63) is 23.8 Å². The van der Waals surface area contributed by atoms with Gasteiger partial charge >= 0.3 is 0 Å². The second-order valence-corrected chi connectivity index (χ2v) is 6.13. The maximum absolute atomic E-state index is 11.7. The zero-order chi connectivity index (χ0) is 13.1. The highest BCUT2D eigenvalue weighted by molar-refractivity contribution is 8.00. The number of nitrogens with one attached hydrogen (secondary N) is 1. The molecule has 0 radical (unpaired) electrons. The van der Waals surface area contributed by atoms with Crippen molar-refractivity contribution in [3.8, 4) is 0 Å². The molecule has 0 spiro atoms. The van der Waals surface area contributed by atoms with Gasteiger partial charge in [-0.1, -0.05) is 6.07 Å². The lowest BCUT2D eigenvalue weighted by atomic mass is 10.1. The standard InChI is InChI=1S/C13H20N2OS/c1-9-5-6-10(14)7-11(9)17-8-12(16)15-13(2,3)4/h5-7H,8,14H2,1-4H3,(H,15,16). The van der Waals surface area contributed by atoms with E-state index >= 15 is 0 Å². The third kappa shape index (κ3) is 5.13. The molecular weight excluding hydrogens is 232 g/mol. The lowest BCUT2D eigenvalue weighted by Gasteiger charge is -2.20. The van der Waals surface area contributed by atoms with Crippen molar-refractivity contribution >= 4 is 23.4 Å². The predicted molar refractivity (Wildman–Crippen MR) is 74.2 cm³/mol. The van der Waals surface area contributed by atoms with Gasteiger partial charge in [0.2, 0.25) is 5.91 Å². The first-order valence-electron chi connectivity index (χ1n) is 5.58. The number of thioether (sulfide) groups is 1. The van der Waals surface area contributed by atoms with Crippen LogP contribution in [-0.4, -0.2) is 17.2 Å². The van der Waals surface area contributed by atoms with Crippen LogP contribution in [0, 0.1) is 6.92 Å². The Balaban J connectivity index is 2.56. The van der Waals surface area contributed by atoms with Crippen LogP contribution in [0.4, 0.5) is 5.69 Å². The summed E-state index contributed by atoms with van der Waals surface area (Å²) in [5.41, 5.74) is 7.42. The van der Waals surface area contributed by atoms with Gasteiger partial charge in [0, 0.05) is 16.1 Å². The highest BCUT2D eigenvalue weighted by Gasteiger charge is 2.13. The lowest BCUT2D eigenvalue weighted by molar-refractivity contribution is -0.119. The summed E-state index contributed by atoms with van der Waals surface area (Å²) in [5.74, 6) is 0.464. The Morgan fingerprint density at radius 1 is 1.41 bits per heavy atom. The molecule has 0 fully saturated rings. The van der Waals surface area contributed by atoms with Crippen molar-refractivity contribution in [2.45, 2.75) is 38.1 Å². The predicted octanol–water partition coefficient (Wildman–Crippen LogP) is 2.58. The van der Waals surface area contributed by atoms with Crippen LogP contribution in [0.15, 0.2) is 23.1 Å². The zero-order valence-electron chi connectivity index (χ0n) is 10.8. The fourth-order valence-corrected chi connectivity index (χ4v) is 2.24. The van der Waals surface area contributed by atoms with Crippen molar-refractivity contribution < 1.29 is 4.79 Å². The van der Waals surface area contributed by atoms with Crippen LogP contribution in [0.1, 0.15) is 26.3 Å². The fraction of sp³-hybridized carbons (Fsp3) is 0.462. The smallest absolute Gasteiger partial charge is 0.230 e. The van der Waals surface area contributed by atoms with E-state index in [2.05, 4.69) is 5.32 Å². The molecule has 0 atom stereocenters. The van der Waals surface area contributed by atoms with E-state index in [9.17, 15) is 4.79 Å². The molecule has 4 heteroatoms. The van der Waals surface area contributed by atoms with Crippen LogP contribution in [0.2, 0.25) is 0 Å². The van der Waals surface area contributed by atoms with Crippen molar-refractivity contribution in [1.29, 1.82) is 0 Å². The Kier molecular flexibility index (Phi) is 4.46. The molecule has 94 valence electrons. The average Bonchev–Trinajstić information content (AvgIpc) is 2.17. The zero-order valence-corrected chi connectivity index (χ0v) is 11.6. The SMILES string of the molecule is Cc1ccc(N)cc1SCC(=O)NC(C)(C)C. The number of rotatable bonds is 3. The number of nitrogens with two attached hydrogens (primary N) is 1. The van der Waals surface area contributed by atoms with Crippen LogP contribution in [0.3, 0.4) is 0 Å². The molecule has 0 saturated carbocycles. The molecule has 1 amide bonds. The van der Waals surface area contributed by atoms with E-state index < -0.39 is 0 Å². The van der Waals surface area contributed by atoms with Crippen LogP contribution in [0.25, 0.3) is 0 Å². The summed E-state index contributed by atoms with van der Waals surface area (Å²) in [6.45, 7) is 7.94. The second-order valence-electron chi connectivity index (χ2n) is 5.11. The van der Waals surface area contributed by atoms with E-state index in [1.807, 2.05) is 45.9 Å². The highest BCUT2D eigenvalue weighted by Crippen LogP contribution is 2.24. The summed E-state index contributed by atoms with van der Waals surface area (Å²) in [7, 11) is 0. The maximum atomic E-state index is 11.7. The van der Waals surface area contributed by atoms with E-state index in [1.54, 1.807) is 0 Å². The maximum Gasteiger partial charge on any atom is 0.230 e. The van der Waals surface area contributed by atoms with E-state index in [-0.39, 0.29) is 11.4 Å². The first-order chi connectivity index (χ1) is 7.78. The summed E-state index contributed by atoms with van der Waals surface area (Å²) in [4.78, 5) is 12.7. The van der Waals surface area contributed by atoms with Crippen molar-refractivity contribution in [2.75, 3.05) is 11.5 Å². The van der Waals surface area contributed by atoms with Gasteiger partial charge in [0.15, 0.2) is 0 Å². The Morgan fingerprint density at radius 2 is 2.06 bits per heavy atom. The highest BCUT2D eigenvalue weighted by atomic mass is 32.2. The second kappa shape index (κ2) is 5.45. The number of hydrogen-bond donors (Lipinski definition) is 2. The van der Waals surface area contributed by atoms with Gasteiger partial charge in [-0.3, -0.25) is 4.79 Å². The van der Waals surface area contributed by atoms with Crippen LogP contribution >= 0.6 is 11.8 Å². The van der Waals surface area contributed by atoms with Gasteiger partial charge in [-0.2, -0.15) is 0 Å². The van der Waals surface area contributed by atoms with Crippen LogP contribution in [-0.2, 0) is 4.79 Å². The summed E-state index contributed by atoms with van der Waals surface area (Å²) in [6, 6.07) is 5.75. The molecular formula is C13H20N2OS. The molecule has 3 nitrogen and oxygen atoms in total. The Labute approximate surface area is 107 Å². The lowest BCUT2D eigenvalue weighted by Crippen LogP contribution is -2.41. The van der Waals surface area contributed by atoms with E-state index in [1.165, 1.54) is 11.8 Å². The summed E-state index contributed by atoms with van der Waals surface area (Å²) in [6.07, 6.45) is 0. The molecule has 1 aromatic rings. The molecule has 1 aromatic carbocycles. The van der Waals surface area contributed by atoms with Gasteiger partial charge in [-0.25, -0.2) is 0 Å². The molecule has 0 saturated heterocycles. The van der Waals surface area contributed by atoms with Crippen molar-refractivity contribution in [2.24, 2.45) is 0 Å². The summed E-state index contributed by atoms with van der Waals surface area (Å²) in [5, 5.41) is 2.93. The van der Waals surface area contributed by atoms with E-state index in [4.69, 9.17) is 5.73 Å². The minimum atomic E-state index is -0.178. The summed E-state index contributed by atoms with van der Waals surface area (Å²) < 4.78 is 0. The molecule has 1 rings (SSSR count). The largest absolute Gasteiger partial charge is 0.399 e. The number of benzene rings is 1. The monoisotopic (exact) mass is 252 g/mol. The quantitative estimate of drug-likeness (QED) is 0.642. The van der Waals surface area contributed by atoms with Gasteiger partial charge in [-0.15, -0.1) is 11.8 Å². The number of aryl methyl sites for hydroxylation is 1.